The molecular formula is C16H28O2. The van der Waals surface area contributed by atoms with Crippen molar-refractivity contribution < 1.29 is 9.90 Å². The van der Waals surface area contributed by atoms with Crippen LogP contribution in [0.1, 0.15) is 58.8 Å². The molecule has 2 nitrogen and oxygen atoms in total. The molecule has 0 saturated carbocycles. The van der Waals surface area contributed by atoms with Crippen LogP contribution in [0.4, 0.5) is 0 Å². The summed E-state index contributed by atoms with van der Waals surface area (Å²) in [6.07, 6.45) is 8.24. The second-order valence-corrected chi connectivity index (χ2v) is 5.31. The number of rotatable bonds is 11. The van der Waals surface area contributed by atoms with Gasteiger partial charge in [0, 0.05) is 6.42 Å². The van der Waals surface area contributed by atoms with Gasteiger partial charge in [0.25, 0.3) is 0 Å². The lowest BCUT2D eigenvalue weighted by atomic mass is 9.88. The van der Waals surface area contributed by atoms with Crippen LogP contribution in [0.5, 0.6) is 0 Å². The fourth-order valence-electron chi connectivity index (χ4n) is 2.10. The fraction of sp³-hybridized carbons (Fsp3) is 0.688. The third-order valence-corrected chi connectivity index (χ3v) is 3.51. The van der Waals surface area contributed by atoms with E-state index in [1.165, 1.54) is 5.57 Å². The molecule has 2 heteroatoms. The molecule has 0 aliphatic heterocycles. The molecular weight excluding hydrogens is 224 g/mol. The van der Waals surface area contributed by atoms with E-state index in [1.807, 2.05) is 6.08 Å². The van der Waals surface area contributed by atoms with Crippen molar-refractivity contribution >= 4 is 5.97 Å². The maximum atomic E-state index is 10.9. The van der Waals surface area contributed by atoms with Gasteiger partial charge in [0.05, 0.1) is 0 Å². The first-order chi connectivity index (χ1) is 8.49. The first-order valence-electron chi connectivity index (χ1n) is 6.98. The molecule has 0 saturated heterocycles. The van der Waals surface area contributed by atoms with Gasteiger partial charge in [-0.05, 0) is 43.9 Å². The average molecular weight is 252 g/mol. The van der Waals surface area contributed by atoms with Crippen LogP contribution >= 0.6 is 0 Å². The van der Waals surface area contributed by atoms with Crippen molar-refractivity contribution in [2.45, 2.75) is 58.8 Å². The molecule has 0 heterocycles. The van der Waals surface area contributed by atoms with E-state index in [0.29, 0.717) is 5.92 Å². The smallest absolute Gasteiger partial charge is 0.303 e. The van der Waals surface area contributed by atoms with Crippen molar-refractivity contribution in [3.8, 4) is 0 Å². The van der Waals surface area contributed by atoms with Crippen LogP contribution in [0.15, 0.2) is 24.8 Å². The molecule has 2 atom stereocenters. The predicted molar refractivity (Wildman–Crippen MR) is 77.6 cm³/mol. The van der Waals surface area contributed by atoms with Crippen molar-refractivity contribution in [2.24, 2.45) is 11.8 Å². The van der Waals surface area contributed by atoms with Crippen molar-refractivity contribution in [3.05, 3.63) is 24.8 Å². The van der Waals surface area contributed by atoms with Gasteiger partial charge >= 0.3 is 5.97 Å². The first-order valence-corrected chi connectivity index (χ1v) is 6.98. The molecule has 0 aromatic heterocycles. The quantitative estimate of drug-likeness (QED) is 0.535. The Morgan fingerprint density at radius 3 is 2.50 bits per heavy atom. The Morgan fingerprint density at radius 2 is 2.00 bits per heavy atom. The van der Waals surface area contributed by atoms with E-state index in [0.717, 1.165) is 38.5 Å². The van der Waals surface area contributed by atoms with Gasteiger partial charge in [-0.2, -0.15) is 0 Å². The Kier molecular flexibility index (Phi) is 9.35. The van der Waals surface area contributed by atoms with Gasteiger partial charge < -0.3 is 5.11 Å². The molecule has 0 radical (unpaired) electrons. The molecule has 0 bridgehead atoms. The van der Waals surface area contributed by atoms with Gasteiger partial charge in [0.1, 0.15) is 0 Å². The second kappa shape index (κ2) is 9.93. The van der Waals surface area contributed by atoms with Crippen LogP contribution in [0.3, 0.4) is 0 Å². The Balaban J connectivity index is 4.09. The molecule has 18 heavy (non-hydrogen) atoms. The van der Waals surface area contributed by atoms with E-state index < -0.39 is 5.97 Å². The lowest BCUT2D eigenvalue weighted by molar-refractivity contribution is -0.138. The number of hydrogen-bond acceptors (Lipinski definition) is 1. The highest BCUT2D eigenvalue weighted by Gasteiger charge is 2.14. The molecule has 2 unspecified atom stereocenters. The minimum Gasteiger partial charge on any atom is -0.481 e. The largest absolute Gasteiger partial charge is 0.481 e. The number of allylic oxidation sites excluding steroid dienone is 2. The van der Waals surface area contributed by atoms with Gasteiger partial charge in [0.15, 0.2) is 0 Å². The highest BCUT2D eigenvalue weighted by atomic mass is 16.4. The Bertz CT molecular complexity index is 268. The first kappa shape index (κ1) is 16.9. The van der Waals surface area contributed by atoms with Gasteiger partial charge in [-0.15, -0.1) is 6.58 Å². The van der Waals surface area contributed by atoms with Crippen molar-refractivity contribution in [1.82, 2.24) is 0 Å². The standard InChI is InChI=1S/C16H28O2/c1-5-7-14(4)9-11-15(12-16(17)18)10-8-13(3)6-2/h5,14-15H,1,3,6-12H2,2,4H3,(H,17,18). The SMILES string of the molecule is C=CCC(C)CCC(CCC(=C)CC)CC(=O)O. The highest BCUT2D eigenvalue weighted by Crippen LogP contribution is 2.24. The predicted octanol–water partition coefficient (Wildman–Crippen LogP) is 4.82. The molecule has 0 spiro atoms. The minimum absolute atomic E-state index is 0.289. The topological polar surface area (TPSA) is 37.3 Å². The molecule has 104 valence electrons. The summed E-state index contributed by atoms with van der Waals surface area (Å²) in [7, 11) is 0. The molecule has 0 fully saturated rings. The van der Waals surface area contributed by atoms with Crippen molar-refractivity contribution in [2.75, 3.05) is 0 Å². The summed E-state index contributed by atoms with van der Waals surface area (Å²) in [6, 6.07) is 0. The van der Waals surface area contributed by atoms with Crippen molar-refractivity contribution in [3.63, 3.8) is 0 Å². The van der Waals surface area contributed by atoms with E-state index in [4.69, 9.17) is 5.11 Å². The third kappa shape index (κ3) is 9.03. The van der Waals surface area contributed by atoms with Crippen LogP contribution in [-0.4, -0.2) is 11.1 Å². The monoisotopic (exact) mass is 252 g/mol. The minimum atomic E-state index is -0.682. The highest BCUT2D eigenvalue weighted by molar-refractivity contribution is 5.66. The normalized spacial score (nSPS) is 13.9. The second-order valence-electron chi connectivity index (χ2n) is 5.31. The van der Waals surface area contributed by atoms with Crippen LogP contribution in [-0.2, 0) is 4.79 Å². The van der Waals surface area contributed by atoms with Gasteiger partial charge in [-0.3, -0.25) is 4.79 Å². The molecule has 0 aliphatic rings. The summed E-state index contributed by atoms with van der Waals surface area (Å²) in [5, 5.41) is 8.94. The number of hydrogen-bond donors (Lipinski definition) is 1. The van der Waals surface area contributed by atoms with E-state index in [-0.39, 0.29) is 12.3 Å². The lowest BCUT2D eigenvalue weighted by Gasteiger charge is -2.17. The maximum absolute atomic E-state index is 10.9. The molecule has 1 N–H and O–H groups in total. The van der Waals surface area contributed by atoms with E-state index in [1.54, 1.807) is 0 Å². The average Bonchev–Trinajstić information content (AvgIpc) is 2.32. The zero-order valence-corrected chi connectivity index (χ0v) is 12.0. The van der Waals surface area contributed by atoms with E-state index in [9.17, 15) is 4.79 Å². The van der Waals surface area contributed by atoms with Gasteiger partial charge in [-0.1, -0.05) is 38.5 Å². The molecule has 0 aromatic carbocycles. The third-order valence-electron chi connectivity index (χ3n) is 3.51. The summed E-state index contributed by atoms with van der Waals surface area (Å²) in [5.41, 5.74) is 1.23. The molecule has 0 rings (SSSR count). The summed E-state index contributed by atoms with van der Waals surface area (Å²) in [4.78, 5) is 10.9. The number of carboxylic acids is 1. The Hall–Kier alpha value is -1.05. The number of carboxylic acid groups (broad SMARTS) is 1. The zero-order valence-electron chi connectivity index (χ0n) is 12.0. The summed E-state index contributed by atoms with van der Waals surface area (Å²) in [5.74, 6) is 0.213. The molecule has 0 aromatic rings. The van der Waals surface area contributed by atoms with Crippen LogP contribution in [0.2, 0.25) is 0 Å². The summed E-state index contributed by atoms with van der Waals surface area (Å²) >= 11 is 0. The number of aliphatic carboxylic acids is 1. The van der Waals surface area contributed by atoms with Crippen molar-refractivity contribution in [1.29, 1.82) is 0 Å². The fourth-order valence-corrected chi connectivity index (χ4v) is 2.10. The van der Waals surface area contributed by atoms with Crippen LogP contribution < -0.4 is 0 Å². The van der Waals surface area contributed by atoms with Crippen LogP contribution in [0.25, 0.3) is 0 Å². The van der Waals surface area contributed by atoms with Gasteiger partial charge in [-0.25, -0.2) is 0 Å². The van der Waals surface area contributed by atoms with E-state index in [2.05, 4.69) is 27.0 Å². The molecule has 0 aliphatic carbocycles. The number of carbonyl (C=O) groups is 1. The summed E-state index contributed by atoms with van der Waals surface area (Å²) < 4.78 is 0. The van der Waals surface area contributed by atoms with Gasteiger partial charge in [0.2, 0.25) is 0 Å². The molecule has 0 amide bonds. The zero-order chi connectivity index (χ0) is 14.0. The Labute approximate surface area is 112 Å². The van der Waals surface area contributed by atoms with Crippen LogP contribution in [0, 0.1) is 11.8 Å². The summed E-state index contributed by atoms with van der Waals surface area (Å²) in [6.45, 7) is 12.0. The van der Waals surface area contributed by atoms with E-state index >= 15 is 0 Å². The lowest BCUT2D eigenvalue weighted by Crippen LogP contribution is -2.10. The maximum Gasteiger partial charge on any atom is 0.303 e. The Morgan fingerprint density at radius 1 is 1.33 bits per heavy atom.